The van der Waals surface area contributed by atoms with Crippen LogP contribution in [0.3, 0.4) is 0 Å². The van der Waals surface area contributed by atoms with E-state index in [2.05, 4.69) is 5.32 Å². The minimum atomic E-state index is -3.77. The molecule has 1 fully saturated rings. The zero-order valence-electron chi connectivity index (χ0n) is 11.6. The van der Waals surface area contributed by atoms with E-state index < -0.39 is 16.1 Å². The van der Waals surface area contributed by atoms with E-state index in [-0.39, 0.29) is 41.3 Å². The highest BCUT2D eigenvalue weighted by Crippen LogP contribution is 2.37. The number of amides is 1. The molecule has 3 rings (SSSR count). The van der Waals surface area contributed by atoms with Gasteiger partial charge in [-0.15, -0.1) is 0 Å². The van der Waals surface area contributed by atoms with Crippen LogP contribution in [0.15, 0.2) is 17.0 Å². The van der Waals surface area contributed by atoms with Gasteiger partial charge >= 0.3 is 0 Å². The number of hydrogen-bond donors (Lipinski definition) is 2. The van der Waals surface area contributed by atoms with Crippen molar-refractivity contribution in [3.05, 3.63) is 17.2 Å². The van der Waals surface area contributed by atoms with Crippen LogP contribution >= 0.6 is 11.6 Å². The number of nitrogens with zero attached hydrogens (tertiary/aromatic N) is 1. The van der Waals surface area contributed by atoms with Crippen molar-refractivity contribution in [1.29, 1.82) is 0 Å². The van der Waals surface area contributed by atoms with Crippen LogP contribution in [0.5, 0.6) is 5.75 Å². The Bertz CT molecular complexity index is 713. The normalized spacial score (nSPS) is 20.2. The van der Waals surface area contributed by atoms with E-state index in [9.17, 15) is 18.3 Å². The van der Waals surface area contributed by atoms with Crippen LogP contribution in [-0.4, -0.2) is 49.5 Å². The van der Waals surface area contributed by atoms with Crippen molar-refractivity contribution in [3.63, 3.8) is 0 Å². The third-order valence-corrected chi connectivity index (χ3v) is 6.07. The van der Waals surface area contributed by atoms with Gasteiger partial charge < -0.3 is 15.2 Å². The maximum atomic E-state index is 12.7. The molecule has 7 nitrogen and oxygen atoms in total. The van der Waals surface area contributed by atoms with Crippen molar-refractivity contribution in [1.82, 2.24) is 4.31 Å². The Hall–Kier alpha value is -1.35. The molecule has 0 aromatic heterocycles. The van der Waals surface area contributed by atoms with Crippen LogP contribution in [0.25, 0.3) is 0 Å². The Morgan fingerprint density at radius 1 is 1.32 bits per heavy atom. The molecule has 0 bridgehead atoms. The third-order valence-electron chi connectivity index (χ3n) is 3.71. The Balaban J connectivity index is 1.95. The smallest absolute Gasteiger partial charge is 0.262 e. The topological polar surface area (TPSA) is 95.9 Å². The fourth-order valence-electron chi connectivity index (χ4n) is 2.50. The molecule has 1 aromatic carbocycles. The summed E-state index contributed by atoms with van der Waals surface area (Å²) < 4.78 is 31.9. The first-order valence-corrected chi connectivity index (χ1v) is 8.64. The second-order valence-corrected chi connectivity index (χ2v) is 7.56. The van der Waals surface area contributed by atoms with Crippen molar-refractivity contribution < 1.29 is 23.1 Å². The van der Waals surface area contributed by atoms with E-state index in [0.717, 1.165) is 0 Å². The summed E-state index contributed by atoms with van der Waals surface area (Å²) >= 11 is 6.08. The number of sulfonamides is 1. The highest BCUT2D eigenvalue weighted by atomic mass is 35.5. The average molecular weight is 347 g/mol. The lowest BCUT2D eigenvalue weighted by Crippen LogP contribution is -2.40. The number of hydrogen-bond acceptors (Lipinski definition) is 5. The summed E-state index contributed by atoms with van der Waals surface area (Å²) in [6.45, 7) is 0.326. The van der Waals surface area contributed by atoms with E-state index >= 15 is 0 Å². The Morgan fingerprint density at radius 3 is 2.68 bits per heavy atom. The molecule has 0 radical (unpaired) electrons. The molecule has 0 spiro atoms. The number of aliphatic hydroxyl groups excluding tert-OH is 1. The summed E-state index contributed by atoms with van der Waals surface area (Å²) in [5.74, 6) is -0.0381. The Morgan fingerprint density at radius 2 is 2.00 bits per heavy atom. The lowest BCUT2D eigenvalue weighted by atomic mass is 10.1. The van der Waals surface area contributed by atoms with Gasteiger partial charge in [0.05, 0.1) is 16.8 Å². The van der Waals surface area contributed by atoms with E-state index in [0.29, 0.717) is 18.5 Å². The molecule has 2 N–H and O–H groups in total. The number of halogens is 1. The van der Waals surface area contributed by atoms with Crippen LogP contribution in [0.2, 0.25) is 5.02 Å². The van der Waals surface area contributed by atoms with Crippen LogP contribution in [0.1, 0.15) is 12.8 Å². The molecule has 0 unspecified atom stereocenters. The van der Waals surface area contributed by atoms with Crippen LogP contribution < -0.4 is 10.1 Å². The summed E-state index contributed by atoms with van der Waals surface area (Å²) in [7, 11) is -3.77. The maximum Gasteiger partial charge on any atom is 0.262 e. The molecule has 0 saturated carbocycles. The van der Waals surface area contributed by atoms with Gasteiger partial charge in [0.1, 0.15) is 10.6 Å². The number of ether oxygens (including phenoxy) is 1. The first kappa shape index (κ1) is 15.5. The number of rotatable bonds is 2. The molecule has 120 valence electrons. The standard InChI is InChI=1S/C13H15ClN2O5S/c14-9-5-10-11(21-7-13(18)15-10)6-12(9)22(19,20)16-3-1-8(17)2-4-16/h5-6,8,17H,1-4,7H2,(H,15,18). The summed E-state index contributed by atoms with van der Waals surface area (Å²) in [5, 5.41) is 12.1. The fraction of sp³-hybridized carbons (Fsp3) is 0.462. The number of carbonyl (C=O) groups is 1. The molecule has 2 aliphatic heterocycles. The van der Waals surface area contributed by atoms with Gasteiger partial charge in [0.2, 0.25) is 10.0 Å². The third kappa shape index (κ3) is 2.79. The molecule has 1 aromatic rings. The summed E-state index contributed by atoms with van der Waals surface area (Å²) in [5.41, 5.74) is 0.356. The monoisotopic (exact) mass is 346 g/mol. The van der Waals surface area contributed by atoms with Crippen molar-refractivity contribution in [2.45, 2.75) is 23.8 Å². The molecule has 22 heavy (non-hydrogen) atoms. The Labute approximate surface area is 132 Å². The van der Waals surface area contributed by atoms with E-state index in [1.807, 2.05) is 0 Å². The molecule has 0 aliphatic carbocycles. The zero-order valence-corrected chi connectivity index (χ0v) is 13.2. The van der Waals surface area contributed by atoms with Gasteiger partial charge in [0.25, 0.3) is 5.91 Å². The number of nitrogens with one attached hydrogen (secondary N) is 1. The molecule has 2 heterocycles. The summed E-state index contributed by atoms with van der Waals surface area (Å²) in [6, 6.07) is 2.71. The van der Waals surface area contributed by atoms with E-state index in [1.165, 1.54) is 16.4 Å². The molecule has 2 aliphatic rings. The SMILES string of the molecule is O=C1COc2cc(S(=O)(=O)N3CCC(O)CC3)c(Cl)cc2N1. The maximum absolute atomic E-state index is 12.7. The van der Waals surface area contributed by atoms with Crippen LogP contribution in [-0.2, 0) is 14.8 Å². The lowest BCUT2D eigenvalue weighted by Gasteiger charge is -2.29. The van der Waals surface area contributed by atoms with E-state index in [4.69, 9.17) is 16.3 Å². The number of benzene rings is 1. The second kappa shape index (κ2) is 5.69. The highest BCUT2D eigenvalue weighted by molar-refractivity contribution is 7.89. The van der Waals surface area contributed by atoms with Gasteiger partial charge in [-0.05, 0) is 18.9 Å². The van der Waals surface area contributed by atoms with Crippen LogP contribution in [0, 0.1) is 0 Å². The molecule has 0 atom stereocenters. The second-order valence-electron chi connectivity index (χ2n) is 5.25. The number of aliphatic hydroxyl groups is 1. The molecule has 9 heteroatoms. The quantitative estimate of drug-likeness (QED) is 0.826. The first-order valence-electron chi connectivity index (χ1n) is 6.82. The fourth-order valence-corrected chi connectivity index (χ4v) is 4.49. The van der Waals surface area contributed by atoms with Crippen molar-refractivity contribution in [2.24, 2.45) is 0 Å². The van der Waals surface area contributed by atoms with Gasteiger partial charge in [-0.2, -0.15) is 4.31 Å². The molecular weight excluding hydrogens is 332 g/mol. The Kier molecular flexibility index (Phi) is 4.02. The summed E-state index contributed by atoms with van der Waals surface area (Å²) in [6.07, 6.45) is 0.326. The zero-order chi connectivity index (χ0) is 15.9. The highest BCUT2D eigenvalue weighted by Gasteiger charge is 2.32. The minimum absolute atomic E-state index is 0.0238. The van der Waals surface area contributed by atoms with Gasteiger partial charge in [-0.25, -0.2) is 8.42 Å². The number of piperidine rings is 1. The number of anilines is 1. The molecular formula is C13H15ClN2O5S. The van der Waals surface area contributed by atoms with Crippen LogP contribution in [0.4, 0.5) is 5.69 Å². The van der Waals surface area contributed by atoms with E-state index in [1.54, 1.807) is 0 Å². The lowest BCUT2D eigenvalue weighted by molar-refractivity contribution is -0.118. The van der Waals surface area contributed by atoms with Crippen molar-refractivity contribution in [3.8, 4) is 5.75 Å². The predicted molar refractivity (Wildman–Crippen MR) is 79.6 cm³/mol. The van der Waals surface area contributed by atoms with Crippen molar-refractivity contribution in [2.75, 3.05) is 25.0 Å². The largest absolute Gasteiger partial charge is 0.482 e. The van der Waals surface area contributed by atoms with Gasteiger partial charge in [-0.1, -0.05) is 11.6 Å². The van der Waals surface area contributed by atoms with Gasteiger partial charge in [-0.3, -0.25) is 4.79 Å². The average Bonchev–Trinajstić information content (AvgIpc) is 2.46. The summed E-state index contributed by atoms with van der Waals surface area (Å²) in [4.78, 5) is 11.2. The predicted octanol–water partition coefficient (Wildman–Crippen LogP) is 0.816. The van der Waals surface area contributed by atoms with Gasteiger partial charge in [0.15, 0.2) is 6.61 Å². The molecule has 1 amide bonds. The first-order chi connectivity index (χ1) is 10.4. The van der Waals surface area contributed by atoms with Crippen molar-refractivity contribution >= 4 is 33.2 Å². The van der Waals surface area contributed by atoms with Gasteiger partial charge in [0, 0.05) is 19.2 Å². The minimum Gasteiger partial charge on any atom is -0.482 e. The molecule has 1 saturated heterocycles. The number of fused-ring (bicyclic) bond motifs is 1. The number of carbonyl (C=O) groups excluding carboxylic acids is 1.